The molecule has 1 aliphatic rings. The standard InChI is InChI=1S/C13H16O2/c1-8-4-5-10(14)12-9(8)6-13(2,3)7-11(12)15/h4-5,14H,6-7H2,1-3H3. The van der Waals surface area contributed by atoms with E-state index >= 15 is 0 Å². The third-order valence-electron chi connectivity index (χ3n) is 3.10. The molecule has 15 heavy (non-hydrogen) atoms. The number of carbonyl (C=O) groups excluding carboxylic acids is 1. The van der Waals surface area contributed by atoms with Gasteiger partial charge in [-0.25, -0.2) is 0 Å². The predicted octanol–water partition coefficient (Wildman–Crippen LogP) is 2.86. The van der Waals surface area contributed by atoms with E-state index in [4.69, 9.17) is 0 Å². The summed E-state index contributed by atoms with van der Waals surface area (Å²) in [6.07, 6.45) is 1.39. The van der Waals surface area contributed by atoms with Gasteiger partial charge in [-0.1, -0.05) is 19.9 Å². The van der Waals surface area contributed by atoms with Gasteiger partial charge in [0.15, 0.2) is 5.78 Å². The Balaban J connectivity index is 2.64. The highest BCUT2D eigenvalue weighted by molar-refractivity contribution is 6.01. The maximum absolute atomic E-state index is 11.9. The Morgan fingerprint density at radius 3 is 2.60 bits per heavy atom. The largest absolute Gasteiger partial charge is 0.507 e. The Bertz CT molecular complexity index is 430. The number of aromatic hydroxyl groups is 1. The number of phenolic OH excluding ortho intramolecular Hbond substituents is 1. The van der Waals surface area contributed by atoms with Crippen molar-refractivity contribution in [2.24, 2.45) is 5.41 Å². The molecule has 1 aromatic carbocycles. The average Bonchev–Trinajstić information content (AvgIpc) is 2.09. The Labute approximate surface area is 89.9 Å². The van der Waals surface area contributed by atoms with Crippen LogP contribution >= 0.6 is 0 Å². The summed E-state index contributed by atoms with van der Waals surface area (Å²) < 4.78 is 0. The van der Waals surface area contributed by atoms with E-state index < -0.39 is 0 Å². The molecule has 2 heteroatoms. The molecule has 0 spiro atoms. The summed E-state index contributed by atoms with van der Waals surface area (Å²) in [4.78, 5) is 11.9. The Morgan fingerprint density at radius 1 is 1.27 bits per heavy atom. The lowest BCUT2D eigenvalue weighted by molar-refractivity contribution is 0.0908. The summed E-state index contributed by atoms with van der Waals surface area (Å²) >= 11 is 0. The van der Waals surface area contributed by atoms with Gasteiger partial charge in [-0.15, -0.1) is 0 Å². The summed E-state index contributed by atoms with van der Waals surface area (Å²) in [5.41, 5.74) is 2.69. The third-order valence-corrected chi connectivity index (χ3v) is 3.10. The number of carbonyl (C=O) groups is 1. The lowest BCUT2D eigenvalue weighted by Crippen LogP contribution is -2.27. The fourth-order valence-corrected chi connectivity index (χ4v) is 2.34. The van der Waals surface area contributed by atoms with Crippen LogP contribution < -0.4 is 0 Å². The van der Waals surface area contributed by atoms with Crippen molar-refractivity contribution >= 4 is 5.78 Å². The van der Waals surface area contributed by atoms with Gasteiger partial charge in [0.1, 0.15) is 5.75 Å². The number of ketones is 1. The van der Waals surface area contributed by atoms with Gasteiger partial charge in [0, 0.05) is 6.42 Å². The summed E-state index contributed by atoms with van der Waals surface area (Å²) in [5, 5.41) is 9.70. The molecule has 1 N–H and O–H groups in total. The van der Waals surface area contributed by atoms with Crippen LogP contribution in [0, 0.1) is 12.3 Å². The first-order chi connectivity index (χ1) is 6.91. The van der Waals surface area contributed by atoms with Crippen LogP contribution in [0.4, 0.5) is 0 Å². The SMILES string of the molecule is Cc1ccc(O)c2c1CC(C)(C)CC2=O. The molecule has 0 aliphatic heterocycles. The summed E-state index contributed by atoms with van der Waals surface area (Å²) in [7, 11) is 0. The number of Topliss-reactive ketones (excluding diaryl/α,β-unsaturated/α-hetero) is 1. The van der Waals surface area contributed by atoms with Crippen molar-refractivity contribution in [2.45, 2.75) is 33.6 Å². The van der Waals surface area contributed by atoms with E-state index in [-0.39, 0.29) is 16.9 Å². The molecule has 0 unspecified atom stereocenters. The molecule has 0 atom stereocenters. The minimum atomic E-state index is 0.0165. The lowest BCUT2D eigenvalue weighted by Gasteiger charge is -2.31. The second-order valence-corrected chi connectivity index (χ2v) is 5.20. The Kier molecular flexibility index (Phi) is 2.10. The van der Waals surface area contributed by atoms with Crippen LogP contribution in [0.3, 0.4) is 0 Å². The van der Waals surface area contributed by atoms with E-state index in [1.54, 1.807) is 6.07 Å². The lowest BCUT2D eigenvalue weighted by atomic mass is 9.72. The predicted molar refractivity (Wildman–Crippen MR) is 59.3 cm³/mol. The highest BCUT2D eigenvalue weighted by Crippen LogP contribution is 2.39. The van der Waals surface area contributed by atoms with Crippen LogP contribution in [-0.2, 0) is 6.42 Å². The number of hydrogen-bond donors (Lipinski definition) is 1. The molecule has 2 nitrogen and oxygen atoms in total. The molecule has 0 aromatic heterocycles. The van der Waals surface area contributed by atoms with Gasteiger partial charge < -0.3 is 5.11 Å². The van der Waals surface area contributed by atoms with Crippen LogP contribution in [0.1, 0.15) is 41.8 Å². The van der Waals surface area contributed by atoms with Gasteiger partial charge in [-0.3, -0.25) is 4.79 Å². The van der Waals surface area contributed by atoms with Crippen molar-refractivity contribution < 1.29 is 9.90 Å². The monoisotopic (exact) mass is 204 g/mol. The topological polar surface area (TPSA) is 37.3 Å². The molecular formula is C13H16O2. The van der Waals surface area contributed by atoms with Crippen LogP contribution in [-0.4, -0.2) is 10.9 Å². The second-order valence-electron chi connectivity index (χ2n) is 5.20. The number of hydrogen-bond acceptors (Lipinski definition) is 2. The summed E-state index contributed by atoms with van der Waals surface area (Å²) in [5.74, 6) is 0.207. The highest BCUT2D eigenvalue weighted by atomic mass is 16.3. The van der Waals surface area contributed by atoms with Crippen molar-refractivity contribution in [1.82, 2.24) is 0 Å². The molecule has 0 radical (unpaired) electrons. The number of fused-ring (bicyclic) bond motifs is 1. The van der Waals surface area contributed by atoms with Crippen LogP contribution in [0.25, 0.3) is 0 Å². The zero-order valence-electron chi connectivity index (χ0n) is 9.42. The fraction of sp³-hybridized carbons (Fsp3) is 0.462. The van der Waals surface area contributed by atoms with Gasteiger partial charge >= 0.3 is 0 Å². The molecule has 80 valence electrons. The number of benzene rings is 1. The van der Waals surface area contributed by atoms with Crippen molar-refractivity contribution in [3.63, 3.8) is 0 Å². The van der Waals surface area contributed by atoms with Gasteiger partial charge in [0.25, 0.3) is 0 Å². The first-order valence-corrected chi connectivity index (χ1v) is 5.25. The summed E-state index contributed by atoms with van der Waals surface area (Å²) in [6, 6.07) is 3.49. The van der Waals surface area contributed by atoms with E-state index in [2.05, 4.69) is 13.8 Å². The van der Waals surface area contributed by atoms with E-state index in [0.29, 0.717) is 12.0 Å². The van der Waals surface area contributed by atoms with Gasteiger partial charge in [0.05, 0.1) is 5.56 Å². The first kappa shape index (κ1) is 10.2. The number of phenols is 1. The Hall–Kier alpha value is -1.31. The average molecular weight is 204 g/mol. The Morgan fingerprint density at radius 2 is 1.93 bits per heavy atom. The van der Waals surface area contributed by atoms with Gasteiger partial charge in [-0.2, -0.15) is 0 Å². The minimum absolute atomic E-state index is 0.0165. The molecule has 0 amide bonds. The molecule has 1 aromatic rings. The quantitative estimate of drug-likeness (QED) is 0.705. The summed E-state index contributed by atoms with van der Waals surface area (Å²) in [6.45, 7) is 6.18. The van der Waals surface area contributed by atoms with Crippen LogP contribution in [0.15, 0.2) is 12.1 Å². The van der Waals surface area contributed by atoms with Crippen molar-refractivity contribution in [3.05, 3.63) is 28.8 Å². The number of rotatable bonds is 0. The molecule has 0 saturated carbocycles. The molecular weight excluding hydrogens is 188 g/mol. The van der Waals surface area contributed by atoms with E-state index in [0.717, 1.165) is 17.5 Å². The molecule has 2 rings (SSSR count). The highest BCUT2D eigenvalue weighted by Gasteiger charge is 2.33. The smallest absolute Gasteiger partial charge is 0.167 e. The minimum Gasteiger partial charge on any atom is -0.507 e. The zero-order chi connectivity index (χ0) is 11.2. The van der Waals surface area contributed by atoms with Crippen molar-refractivity contribution in [2.75, 3.05) is 0 Å². The van der Waals surface area contributed by atoms with E-state index in [1.165, 1.54) is 0 Å². The fourth-order valence-electron chi connectivity index (χ4n) is 2.34. The second kappa shape index (κ2) is 3.09. The molecule has 0 heterocycles. The van der Waals surface area contributed by atoms with Crippen molar-refractivity contribution in [3.8, 4) is 5.75 Å². The van der Waals surface area contributed by atoms with Crippen molar-refractivity contribution in [1.29, 1.82) is 0 Å². The molecule has 0 bridgehead atoms. The molecule has 1 aliphatic carbocycles. The van der Waals surface area contributed by atoms with Crippen LogP contribution in [0.5, 0.6) is 5.75 Å². The zero-order valence-corrected chi connectivity index (χ0v) is 9.42. The maximum Gasteiger partial charge on any atom is 0.167 e. The van der Waals surface area contributed by atoms with Crippen LogP contribution in [0.2, 0.25) is 0 Å². The third kappa shape index (κ3) is 1.65. The first-order valence-electron chi connectivity index (χ1n) is 5.25. The number of aryl methyl sites for hydroxylation is 1. The van der Waals surface area contributed by atoms with E-state index in [9.17, 15) is 9.90 Å². The van der Waals surface area contributed by atoms with Gasteiger partial charge in [0.2, 0.25) is 0 Å². The van der Waals surface area contributed by atoms with E-state index in [1.807, 2.05) is 13.0 Å². The maximum atomic E-state index is 11.9. The van der Waals surface area contributed by atoms with Gasteiger partial charge in [-0.05, 0) is 36.0 Å². The molecule has 0 fully saturated rings. The molecule has 0 saturated heterocycles. The normalized spacial score (nSPS) is 18.7.